The number of rotatable bonds is 8. The molecule has 0 aromatic rings. The Morgan fingerprint density at radius 3 is 2.19 bits per heavy atom. The largest absolute Gasteiger partial charge is 0.303 e. The molecule has 0 spiro atoms. The molecule has 2 unspecified atom stereocenters. The number of likely N-dealkylation sites (tertiary alicyclic amines) is 1. The Morgan fingerprint density at radius 1 is 1.00 bits per heavy atom. The first-order valence-corrected chi connectivity index (χ1v) is 9.27. The van der Waals surface area contributed by atoms with Gasteiger partial charge in [0.2, 0.25) is 0 Å². The highest BCUT2D eigenvalue weighted by Crippen LogP contribution is 2.24. The fourth-order valence-corrected chi connectivity index (χ4v) is 3.97. The minimum Gasteiger partial charge on any atom is -0.303 e. The van der Waals surface area contributed by atoms with Gasteiger partial charge in [-0.3, -0.25) is 4.90 Å². The summed E-state index contributed by atoms with van der Waals surface area (Å²) in [5, 5.41) is 0. The molecule has 2 atom stereocenters. The Kier molecular flexibility index (Phi) is 8.26. The molecule has 0 amide bonds. The van der Waals surface area contributed by atoms with Gasteiger partial charge in [-0.2, -0.15) is 0 Å². The fraction of sp³-hybridized carbons (Fsp3) is 1.00. The van der Waals surface area contributed by atoms with Crippen molar-refractivity contribution in [1.29, 1.82) is 0 Å². The predicted molar refractivity (Wildman–Crippen MR) is 94.8 cm³/mol. The van der Waals surface area contributed by atoms with Gasteiger partial charge in [0, 0.05) is 31.7 Å². The summed E-state index contributed by atoms with van der Waals surface area (Å²) in [6, 6.07) is 1.38. The number of hydrogen-bond donors (Lipinski definition) is 0. The van der Waals surface area contributed by atoms with E-state index in [1.807, 2.05) is 0 Å². The van der Waals surface area contributed by atoms with Gasteiger partial charge in [0.1, 0.15) is 0 Å². The Hall–Kier alpha value is -0.0800. The van der Waals surface area contributed by atoms with Crippen molar-refractivity contribution in [3.63, 3.8) is 0 Å². The van der Waals surface area contributed by atoms with Gasteiger partial charge in [-0.15, -0.1) is 0 Å². The topological polar surface area (TPSA) is 6.48 Å². The van der Waals surface area contributed by atoms with Crippen LogP contribution < -0.4 is 0 Å². The minimum absolute atomic E-state index is 0.665. The maximum atomic E-state index is 2.71. The van der Waals surface area contributed by atoms with E-state index in [4.69, 9.17) is 0 Å². The van der Waals surface area contributed by atoms with Crippen molar-refractivity contribution in [2.75, 3.05) is 26.2 Å². The van der Waals surface area contributed by atoms with Gasteiger partial charge < -0.3 is 4.90 Å². The van der Waals surface area contributed by atoms with Crippen molar-refractivity contribution < 1.29 is 0 Å². The van der Waals surface area contributed by atoms with Gasteiger partial charge in [0.05, 0.1) is 0 Å². The van der Waals surface area contributed by atoms with E-state index >= 15 is 0 Å². The molecule has 1 aliphatic heterocycles. The van der Waals surface area contributed by atoms with Crippen molar-refractivity contribution >= 4 is 0 Å². The van der Waals surface area contributed by atoms with Crippen LogP contribution in [-0.2, 0) is 0 Å². The quantitative estimate of drug-likeness (QED) is 0.651. The molecule has 1 heterocycles. The van der Waals surface area contributed by atoms with Gasteiger partial charge >= 0.3 is 0 Å². The molecule has 0 N–H and O–H groups in total. The van der Waals surface area contributed by atoms with Gasteiger partial charge in [-0.05, 0) is 64.3 Å². The molecule has 2 heteroatoms. The zero-order chi connectivity index (χ0) is 16.0. The van der Waals surface area contributed by atoms with Crippen LogP contribution in [0.2, 0.25) is 0 Å². The van der Waals surface area contributed by atoms with Crippen molar-refractivity contribution in [2.24, 2.45) is 17.8 Å². The highest BCUT2D eigenvalue weighted by atomic mass is 15.2. The Bertz CT molecular complexity index is 273. The molecule has 0 aliphatic carbocycles. The third kappa shape index (κ3) is 7.15. The fourth-order valence-electron chi connectivity index (χ4n) is 3.97. The first kappa shape index (κ1) is 19.0. The molecule has 0 aromatic heterocycles. The molecule has 126 valence electrons. The van der Waals surface area contributed by atoms with E-state index in [9.17, 15) is 0 Å². The molecule has 1 rings (SSSR count). The summed E-state index contributed by atoms with van der Waals surface area (Å²) in [5.41, 5.74) is 0. The zero-order valence-corrected chi connectivity index (χ0v) is 15.7. The summed E-state index contributed by atoms with van der Waals surface area (Å²) in [6.07, 6.45) is 4.21. The van der Waals surface area contributed by atoms with E-state index in [1.54, 1.807) is 0 Å². The molecule has 1 fully saturated rings. The highest BCUT2D eigenvalue weighted by molar-refractivity contribution is 4.80. The lowest BCUT2D eigenvalue weighted by atomic mass is 9.90. The van der Waals surface area contributed by atoms with E-state index in [-0.39, 0.29) is 0 Å². The van der Waals surface area contributed by atoms with Crippen LogP contribution in [-0.4, -0.2) is 48.1 Å². The molecule has 0 saturated carbocycles. The van der Waals surface area contributed by atoms with Crippen molar-refractivity contribution in [1.82, 2.24) is 9.80 Å². The van der Waals surface area contributed by atoms with Crippen LogP contribution in [0, 0.1) is 17.8 Å². The van der Waals surface area contributed by atoms with Crippen LogP contribution in [0.1, 0.15) is 67.7 Å². The minimum atomic E-state index is 0.665. The van der Waals surface area contributed by atoms with Gasteiger partial charge in [0.25, 0.3) is 0 Å². The van der Waals surface area contributed by atoms with Crippen LogP contribution >= 0.6 is 0 Å². The van der Waals surface area contributed by atoms with Crippen LogP contribution in [0.4, 0.5) is 0 Å². The van der Waals surface area contributed by atoms with E-state index < -0.39 is 0 Å². The second kappa shape index (κ2) is 9.15. The third-order valence-electron chi connectivity index (χ3n) is 4.71. The summed E-state index contributed by atoms with van der Waals surface area (Å²) in [6.45, 7) is 21.7. The first-order valence-electron chi connectivity index (χ1n) is 9.27. The molecular weight excluding hydrogens is 256 g/mol. The van der Waals surface area contributed by atoms with Crippen LogP contribution in [0.15, 0.2) is 0 Å². The average Bonchev–Trinajstić information content (AvgIpc) is 2.34. The molecule has 21 heavy (non-hydrogen) atoms. The Balaban J connectivity index is 2.49. The van der Waals surface area contributed by atoms with Crippen molar-refractivity contribution in [3.8, 4) is 0 Å². The standard InChI is InChI=1S/C19H40N2/c1-15(2)12-20-10-8-9-19(14-20)11-18(7)21(17(5)6)13-16(3)4/h15-19H,8-14H2,1-7H3. The molecule has 0 aromatic carbocycles. The Morgan fingerprint density at radius 2 is 1.67 bits per heavy atom. The van der Waals surface area contributed by atoms with E-state index in [0.717, 1.165) is 23.8 Å². The molecule has 1 saturated heterocycles. The zero-order valence-electron chi connectivity index (χ0n) is 15.7. The number of hydrogen-bond acceptors (Lipinski definition) is 2. The summed E-state index contributed by atoms with van der Waals surface area (Å²) < 4.78 is 0. The lowest BCUT2D eigenvalue weighted by Crippen LogP contribution is -2.44. The SMILES string of the molecule is CC(C)CN1CCCC(CC(C)N(CC(C)C)C(C)C)C1. The monoisotopic (exact) mass is 296 g/mol. The van der Waals surface area contributed by atoms with Crippen molar-refractivity contribution in [2.45, 2.75) is 79.8 Å². The molecular formula is C19H40N2. The smallest absolute Gasteiger partial charge is 0.00728 e. The normalized spacial score (nSPS) is 22.7. The Labute approximate surface area is 134 Å². The van der Waals surface area contributed by atoms with Gasteiger partial charge in [-0.1, -0.05) is 27.7 Å². The van der Waals surface area contributed by atoms with E-state index in [0.29, 0.717) is 6.04 Å². The predicted octanol–water partition coefficient (Wildman–Crippen LogP) is 4.50. The lowest BCUT2D eigenvalue weighted by Gasteiger charge is -2.39. The molecule has 0 radical (unpaired) electrons. The summed E-state index contributed by atoms with van der Waals surface area (Å²) in [7, 11) is 0. The summed E-state index contributed by atoms with van der Waals surface area (Å²) in [5.74, 6) is 2.47. The van der Waals surface area contributed by atoms with Crippen LogP contribution in [0.25, 0.3) is 0 Å². The second-order valence-electron chi connectivity index (χ2n) is 8.43. The summed E-state index contributed by atoms with van der Waals surface area (Å²) >= 11 is 0. The number of piperidine rings is 1. The van der Waals surface area contributed by atoms with E-state index in [2.05, 4.69) is 58.3 Å². The number of nitrogens with zero attached hydrogens (tertiary/aromatic N) is 2. The molecule has 2 nitrogen and oxygen atoms in total. The molecule has 0 bridgehead atoms. The second-order valence-corrected chi connectivity index (χ2v) is 8.43. The first-order chi connectivity index (χ1) is 9.79. The van der Waals surface area contributed by atoms with Gasteiger partial charge in [0.15, 0.2) is 0 Å². The van der Waals surface area contributed by atoms with Crippen LogP contribution in [0.3, 0.4) is 0 Å². The van der Waals surface area contributed by atoms with Crippen molar-refractivity contribution in [3.05, 3.63) is 0 Å². The van der Waals surface area contributed by atoms with E-state index in [1.165, 1.54) is 45.4 Å². The highest BCUT2D eigenvalue weighted by Gasteiger charge is 2.25. The van der Waals surface area contributed by atoms with Crippen LogP contribution in [0.5, 0.6) is 0 Å². The maximum Gasteiger partial charge on any atom is 0.00728 e. The molecule has 1 aliphatic rings. The van der Waals surface area contributed by atoms with Gasteiger partial charge in [-0.25, -0.2) is 0 Å². The third-order valence-corrected chi connectivity index (χ3v) is 4.71. The maximum absolute atomic E-state index is 2.71. The average molecular weight is 297 g/mol. The lowest BCUT2D eigenvalue weighted by molar-refractivity contribution is 0.0948. The summed E-state index contributed by atoms with van der Waals surface area (Å²) in [4.78, 5) is 5.42.